The molecule has 2 saturated carbocycles. The van der Waals surface area contributed by atoms with Gasteiger partial charge in [-0.2, -0.15) is 34.0 Å². The fourth-order valence-electron chi connectivity index (χ4n) is 5.13. The molecular weight excluding hydrogens is 678 g/mol. The Balaban J connectivity index is 0.00000484. The van der Waals surface area contributed by atoms with Crippen LogP contribution in [0.4, 0.5) is 0 Å². The molecule has 2 fully saturated rings. The summed E-state index contributed by atoms with van der Waals surface area (Å²) in [6.45, 7) is 1.51. The quantitative estimate of drug-likeness (QED) is 0.0237. The molecule has 15 heteroatoms. The van der Waals surface area contributed by atoms with Crippen molar-refractivity contribution in [3.8, 4) is 0 Å². The molecule has 11 N–H and O–H groups in total. The van der Waals surface area contributed by atoms with Crippen LogP contribution in [0.3, 0.4) is 0 Å². The van der Waals surface area contributed by atoms with Crippen LogP contribution in [0.2, 0.25) is 0 Å². The topological polar surface area (TPSA) is 176 Å². The molecule has 0 bridgehead atoms. The normalized spacial score (nSPS) is 24.4. The first-order valence-corrected chi connectivity index (χ1v) is 20.7. The van der Waals surface area contributed by atoms with Crippen molar-refractivity contribution in [2.45, 2.75) is 86.4 Å². The number of amides is 2. The average Bonchev–Trinajstić information content (AvgIpc) is 3.78. The van der Waals surface area contributed by atoms with E-state index < -0.39 is 0 Å². The lowest BCUT2D eigenvalue weighted by molar-refractivity contribution is -0.434. The van der Waals surface area contributed by atoms with Crippen LogP contribution in [-0.2, 0) is 9.59 Å². The van der Waals surface area contributed by atoms with Gasteiger partial charge in [0.05, 0.1) is 13.1 Å². The van der Waals surface area contributed by atoms with Crippen molar-refractivity contribution >= 4 is 77.9 Å². The summed E-state index contributed by atoms with van der Waals surface area (Å²) < 4.78 is 2.60. The Morgan fingerprint density at radius 1 is 0.932 bits per heavy atom. The summed E-state index contributed by atoms with van der Waals surface area (Å²) in [7, 11) is 0.648. The fourth-order valence-corrected chi connectivity index (χ4v) is 12.9. The Bertz CT molecular complexity index is 1000. The molecule has 6 unspecified atom stereocenters. The van der Waals surface area contributed by atoms with Crippen LogP contribution in [0, 0.1) is 5.92 Å². The minimum absolute atomic E-state index is 0. The Morgan fingerprint density at radius 2 is 1.52 bits per heavy atom. The predicted octanol–water partition coefficient (Wildman–Crippen LogP) is -6.64. The Labute approximate surface area is 290 Å². The molecule has 0 radical (unpaired) electrons. The Hall–Kier alpha value is -0.280. The van der Waals surface area contributed by atoms with Gasteiger partial charge in [0.1, 0.15) is 11.6 Å². The number of carbonyl (C=O) groups excluding carboxylic acids is 2. The zero-order valence-corrected chi connectivity index (χ0v) is 30.7. The third-order valence-electron chi connectivity index (χ3n) is 8.06. The summed E-state index contributed by atoms with van der Waals surface area (Å²) in [5.74, 6) is 5.57. The van der Waals surface area contributed by atoms with Gasteiger partial charge in [-0.15, -0.1) is 10.5 Å². The molecule has 0 saturated heterocycles. The van der Waals surface area contributed by atoms with Crippen molar-refractivity contribution in [2.75, 3.05) is 49.3 Å². The molecule has 1 aliphatic heterocycles. The lowest BCUT2D eigenvalue weighted by atomic mass is 9.80. The number of nitrogens with one attached hydrogen (secondary N) is 3. The number of unbranched alkanes of at least 4 members (excludes halogenated alkanes) is 3. The summed E-state index contributed by atoms with van der Waals surface area (Å²) in [6, 6.07) is 0. The minimum atomic E-state index is -0.0804. The maximum absolute atomic E-state index is 11.4. The van der Waals surface area contributed by atoms with E-state index in [-0.39, 0.29) is 60.2 Å². The van der Waals surface area contributed by atoms with Crippen LogP contribution >= 0.6 is 44.5 Å². The smallest absolute Gasteiger partial charge is 0.241 e. The third kappa shape index (κ3) is 16.5. The van der Waals surface area contributed by atoms with E-state index in [0.29, 0.717) is 40.0 Å². The number of nitrogens with two attached hydrogens (primary N) is 4. The number of hydrogen-bond acceptors (Lipinski definition) is 6. The predicted molar refractivity (Wildman–Crippen MR) is 189 cm³/mol. The van der Waals surface area contributed by atoms with E-state index in [1.165, 1.54) is 44.3 Å². The van der Waals surface area contributed by atoms with Gasteiger partial charge in [0.15, 0.2) is 0 Å². The molecule has 0 aromatic heterocycles. The zero-order chi connectivity index (χ0) is 30.2. The molecule has 2 aliphatic carbocycles. The van der Waals surface area contributed by atoms with E-state index in [0.717, 1.165) is 66.3 Å². The van der Waals surface area contributed by atoms with Crippen LogP contribution in [0.5, 0.6) is 0 Å². The van der Waals surface area contributed by atoms with E-state index in [1.54, 1.807) is 0 Å². The molecule has 256 valence electrons. The van der Waals surface area contributed by atoms with Crippen LogP contribution < -0.4 is 63.1 Å². The standard InChI is InChI=1S/C29H53N7O2S4.2ClH/c30-18-28(37)34-11-13-39-24-8-7-22(24)17-23(32)5-3-1-2-4-6-27(33)36-20-42(21-41-15-16-41)26-10-9-25(26)40-14-12-35-29(38)19-31;;/h15,21-22,24-26,32H,1-14,16-20,30-31H2,(H2,33,36)(H,34,37)(H,35,38);2*1H. The summed E-state index contributed by atoms with van der Waals surface area (Å²) in [6.07, 6.45) is 12.7. The Morgan fingerprint density at radius 3 is 2.05 bits per heavy atom. The maximum Gasteiger partial charge on any atom is 0.241 e. The molecule has 6 atom stereocenters. The summed E-state index contributed by atoms with van der Waals surface area (Å²) in [4.78, 5) is 26.2. The van der Waals surface area contributed by atoms with Crippen molar-refractivity contribution in [1.82, 2.24) is 10.6 Å². The number of thioether (sulfide) groups is 2. The molecule has 9 nitrogen and oxygen atoms in total. The van der Waals surface area contributed by atoms with E-state index in [9.17, 15) is 9.59 Å². The molecule has 2 amide bonds. The minimum Gasteiger partial charge on any atom is -1.00 e. The lowest BCUT2D eigenvalue weighted by Gasteiger charge is -2.38. The second kappa shape index (κ2) is 23.9. The number of carbonyl (C=O) groups is 2. The number of halogens is 2. The number of rotatable bonds is 23. The van der Waals surface area contributed by atoms with Gasteiger partial charge in [-0.25, -0.2) is 0 Å². The average molecular weight is 733 g/mol. The van der Waals surface area contributed by atoms with Crippen LogP contribution in [-0.4, -0.2) is 98.5 Å². The lowest BCUT2D eigenvalue weighted by Crippen LogP contribution is -3.00. The zero-order valence-electron chi connectivity index (χ0n) is 25.9. The first kappa shape index (κ1) is 41.7. The summed E-state index contributed by atoms with van der Waals surface area (Å²) in [5.41, 5.74) is 18.3. The molecule has 0 spiro atoms. The SMILES string of the molecule is NCC(=O)NCCSC1CCC1CC(=[NH2+])CCCCCCC(N)=[NH+]C/S(=C\S1=CC1)C1CCC1SCCNC(=O)CN.[Cl-].[Cl-]. The van der Waals surface area contributed by atoms with Crippen LogP contribution in [0.15, 0.2) is 0 Å². The van der Waals surface area contributed by atoms with Gasteiger partial charge >= 0.3 is 0 Å². The van der Waals surface area contributed by atoms with E-state index in [4.69, 9.17) is 22.6 Å². The van der Waals surface area contributed by atoms with Gasteiger partial charge in [0, 0.05) is 65.4 Å². The number of amidine groups is 1. The Kier molecular flexibility index (Phi) is 22.7. The van der Waals surface area contributed by atoms with Crippen LogP contribution in [0.25, 0.3) is 0 Å². The van der Waals surface area contributed by atoms with Gasteiger partial charge in [0.25, 0.3) is 0 Å². The monoisotopic (exact) mass is 731 g/mol. The molecule has 3 aliphatic rings. The molecule has 44 heavy (non-hydrogen) atoms. The molecule has 3 rings (SSSR count). The van der Waals surface area contributed by atoms with Gasteiger partial charge < -0.3 is 46.9 Å². The van der Waals surface area contributed by atoms with Crippen molar-refractivity contribution in [3.63, 3.8) is 0 Å². The van der Waals surface area contributed by atoms with Gasteiger partial charge in [-0.05, 0) is 54.5 Å². The fraction of sp³-hybridized carbons (Fsp3) is 0.793. The summed E-state index contributed by atoms with van der Waals surface area (Å²) >= 11 is 3.96. The molecular formula is C29H55Cl2N7O2S4. The highest BCUT2D eigenvalue weighted by molar-refractivity contribution is 8.43. The van der Waals surface area contributed by atoms with Crippen molar-refractivity contribution in [2.24, 2.45) is 23.1 Å². The largest absolute Gasteiger partial charge is 1.00 e. The van der Waals surface area contributed by atoms with E-state index >= 15 is 0 Å². The number of hydrogen-bond donors (Lipinski definition) is 7. The molecule has 1 heterocycles. The highest BCUT2D eigenvalue weighted by atomic mass is 35.5. The first-order valence-electron chi connectivity index (χ1n) is 15.6. The van der Waals surface area contributed by atoms with E-state index in [2.05, 4.69) is 25.7 Å². The summed E-state index contributed by atoms with van der Waals surface area (Å²) in [5, 5.41) is 16.6. The van der Waals surface area contributed by atoms with Gasteiger partial charge in [-0.3, -0.25) is 25.7 Å². The van der Waals surface area contributed by atoms with Gasteiger partial charge in [-0.1, -0.05) is 12.8 Å². The third-order valence-corrected chi connectivity index (χ3v) is 15.7. The van der Waals surface area contributed by atoms with Crippen molar-refractivity contribution < 1.29 is 44.8 Å². The van der Waals surface area contributed by atoms with Crippen LogP contribution in [0.1, 0.15) is 70.6 Å². The van der Waals surface area contributed by atoms with Gasteiger partial charge in [0.2, 0.25) is 17.6 Å². The first-order chi connectivity index (χ1) is 20.4. The maximum atomic E-state index is 11.4. The second-order valence-corrected chi connectivity index (χ2v) is 18.3. The molecule has 0 aromatic rings. The highest BCUT2D eigenvalue weighted by Crippen LogP contribution is 2.44. The van der Waals surface area contributed by atoms with Crippen molar-refractivity contribution in [3.05, 3.63) is 0 Å². The van der Waals surface area contributed by atoms with E-state index in [1.807, 2.05) is 23.5 Å². The highest BCUT2D eigenvalue weighted by Gasteiger charge is 2.34. The second-order valence-electron chi connectivity index (χ2n) is 11.4. The molecule has 0 aromatic carbocycles. The van der Waals surface area contributed by atoms with Crippen molar-refractivity contribution in [1.29, 1.82) is 0 Å².